The molecule has 0 unspecified atom stereocenters. The zero-order valence-corrected chi connectivity index (χ0v) is 19.5. The van der Waals surface area contributed by atoms with Crippen LogP contribution in [0.3, 0.4) is 0 Å². The third-order valence-corrected chi connectivity index (χ3v) is 11.6. The molecule has 0 aliphatic carbocycles. The van der Waals surface area contributed by atoms with E-state index in [1.165, 1.54) is 15.6 Å². The fourth-order valence-corrected chi connectivity index (χ4v) is 10.1. The molecule has 0 spiro atoms. The average Bonchev–Trinajstić information content (AvgIpc) is 3.21. The highest BCUT2D eigenvalue weighted by Gasteiger charge is 2.52. The highest BCUT2D eigenvalue weighted by atomic mass is 28.3. The topological polar surface area (TPSA) is 43.4 Å². The van der Waals surface area contributed by atoms with Crippen molar-refractivity contribution in [1.82, 2.24) is 0 Å². The standard InChI is InChI=1S/C28H28O3Si/c1-28(2,21-29)19-18-25-26(20-31-27(25)30)32(22-12-6-3-7-13-22,23-14-8-4-9-15-23)24-16-10-5-11-17-24/h3-18,21,26H,19-20H2,1-2H3/b25-18-/t26-/m1/s1. The molecule has 162 valence electrons. The van der Waals surface area contributed by atoms with Gasteiger partial charge in [0.2, 0.25) is 0 Å². The zero-order valence-electron chi connectivity index (χ0n) is 18.5. The number of benzene rings is 3. The van der Waals surface area contributed by atoms with Gasteiger partial charge in [-0.15, -0.1) is 0 Å². The van der Waals surface area contributed by atoms with Gasteiger partial charge in [0.05, 0.1) is 6.61 Å². The summed E-state index contributed by atoms with van der Waals surface area (Å²) in [7, 11) is -2.70. The van der Waals surface area contributed by atoms with Crippen LogP contribution in [0.1, 0.15) is 20.3 Å². The minimum atomic E-state index is -2.70. The molecule has 4 rings (SSSR count). The predicted octanol–water partition coefficient (Wildman–Crippen LogP) is 3.63. The molecule has 0 aromatic heterocycles. The molecule has 32 heavy (non-hydrogen) atoms. The maximum atomic E-state index is 13.0. The Bertz CT molecular complexity index is 1010. The summed E-state index contributed by atoms with van der Waals surface area (Å²) in [6, 6.07) is 31.6. The molecule has 1 aliphatic rings. The molecule has 1 atom stereocenters. The number of ether oxygens (including phenoxy) is 1. The second-order valence-corrected chi connectivity index (χ2v) is 13.1. The Balaban J connectivity index is 2.00. The fourth-order valence-electron chi connectivity index (χ4n) is 4.69. The van der Waals surface area contributed by atoms with E-state index in [1.807, 2.05) is 38.1 Å². The van der Waals surface area contributed by atoms with Crippen molar-refractivity contribution in [1.29, 1.82) is 0 Å². The second-order valence-electron chi connectivity index (χ2n) is 9.03. The van der Waals surface area contributed by atoms with Crippen LogP contribution in [-0.4, -0.2) is 26.9 Å². The Hall–Kier alpha value is -3.24. The molecule has 3 aromatic rings. The van der Waals surface area contributed by atoms with Gasteiger partial charge in [0.15, 0.2) is 8.07 Å². The summed E-state index contributed by atoms with van der Waals surface area (Å²) < 4.78 is 5.69. The van der Waals surface area contributed by atoms with Crippen LogP contribution in [0.25, 0.3) is 0 Å². The minimum absolute atomic E-state index is 0.0929. The van der Waals surface area contributed by atoms with Gasteiger partial charge in [0.1, 0.15) is 6.29 Å². The van der Waals surface area contributed by atoms with Gasteiger partial charge in [0.25, 0.3) is 0 Å². The fraction of sp³-hybridized carbons (Fsp3) is 0.214. The lowest BCUT2D eigenvalue weighted by Gasteiger charge is -2.38. The Labute approximate surface area is 190 Å². The molecule has 1 aliphatic heterocycles. The van der Waals surface area contributed by atoms with Crippen LogP contribution in [-0.2, 0) is 14.3 Å². The van der Waals surface area contributed by atoms with Crippen molar-refractivity contribution < 1.29 is 14.3 Å². The van der Waals surface area contributed by atoms with E-state index in [4.69, 9.17) is 4.74 Å². The van der Waals surface area contributed by atoms with Crippen LogP contribution < -0.4 is 15.6 Å². The number of allylic oxidation sites excluding steroid dienone is 1. The molecule has 0 saturated carbocycles. The van der Waals surface area contributed by atoms with Crippen LogP contribution in [0.5, 0.6) is 0 Å². The molecule has 0 radical (unpaired) electrons. The first-order valence-corrected chi connectivity index (χ1v) is 13.1. The SMILES string of the molecule is CC(C)(C=O)C/C=C1\C(=O)OC[C@H]1[Si](c1ccccc1)(c1ccccc1)c1ccccc1. The smallest absolute Gasteiger partial charge is 0.333 e. The van der Waals surface area contributed by atoms with Gasteiger partial charge >= 0.3 is 5.97 Å². The Kier molecular flexibility index (Phi) is 6.24. The summed E-state index contributed by atoms with van der Waals surface area (Å²) in [5.41, 5.74) is 0.0736. The van der Waals surface area contributed by atoms with Crippen molar-refractivity contribution in [2.45, 2.75) is 25.8 Å². The van der Waals surface area contributed by atoms with Crippen LogP contribution >= 0.6 is 0 Å². The van der Waals surface area contributed by atoms with E-state index in [9.17, 15) is 9.59 Å². The molecule has 4 heteroatoms. The lowest BCUT2D eigenvalue weighted by molar-refractivity contribution is -0.135. The van der Waals surface area contributed by atoms with Gasteiger partial charge in [-0.2, -0.15) is 0 Å². The number of cyclic esters (lactones) is 1. The van der Waals surface area contributed by atoms with Gasteiger partial charge in [-0.25, -0.2) is 4.79 Å². The van der Waals surface area contributed by atoms with E-state index >= 15 is 0 Å². The van der Waals surface area contributed by atoms with E-state index in [1.54, 1.807) is 0 Å². The molecule has 1 fully saturated rings. The normalized spacial score (nSPS) is 17.9. The van der Waals surface area contributed by atoms with Crippen molar-refractivity contribution in [3.63, 3.8) is 0 Å². The summed E-state index contributed by atoms with van der Waals surface area (Å²) >= 11 is 0. The van der Waals surface area contributed by atoms with Crippen LogP contribution in [0, 0.1) is 5.41 Å². The number of rotatable bonds is 7. The Morgan fingerprint density at radius 1 is 0.844 bits per heavy atom. The number of carbonyl (C=O) groups excluding carboxylic acids is 2. The lowest BCUT2D eigenvalue weighted by Crippen LogP contribution is -2.70. The largest absolute Gasteiger partial charge is 0.462 e. The van der Waals surface area contributed by atoms with Gasteiger partial charge < -0.3 is 9.53 Å². The number of carbonyl (C=O) groups is 2. The first kappa shape index (κ1) is 22.0. The van der Waals surface area contributed by atoms with Gasteiger partial charge in [-0.1, -0.05) is 111 Å². The maximum Gasteiger partial charge on any atom is 0.333 e. The third kappa shape index (κ3) is 3.98. The third-order valence-electron chi connectivity index (χ3n) is 6.37. The van der Waals surface area contributed by atoms with E-state index < -0.39 is 13.5 Å². The molecule has 0 N–H and O–H groups in total. The van der Waals surface area contributed by atoms with Crippen molar-refractivity contribution in [3.8, 4) is 0 Å². The molecular weight excluding hydrogens is 412 g/mol. The number of esters is 1. The summed E-state index contributed by atoms with van der Waals surface area (Å²) in [5.74, 6) is -0.267. The van der Waals surface area contributed by atoms with Crippen molar-refractivity contribution in [3.05, 3.63) is 103 Å². The van der Waals surface area contributed by atoms with Crippen LogP contribution in [0.2, 0.25) is 5.54 Å². The van der Waals surface area contributed by atoms with Crippen LogP contribution in [0.4, 0.5) is 0 Å². The summed E-state index contributed by atoms with van der Waals surface area (Å²) in [6.07, 6.45) is 3.40. The first-order chi connectivity index (χ1) is 15.5. The van der Waals surface area contributed by atoms with Gasteiger partial charge in [-0.05, 0) is 22.0 Å². The maximum absolute atomic E-state index is 13.0. The van der Waals surface area contributed by atoms with Crippen molar-refractivity contribution in [2.75, 3.05) is 6.61 Å². The van der Waals surface area contributed by atoms with Crippen molar-refractivity contribution in [2.24, 2.45) is 5.41 Å². The molecule has 0 bridgehead atoms. The summed E-state index contributed by atoms with van der Waals surface area (Å²) in [6.45, 7) is 4.13. The van der Waals surface area contributed by atoms with Crippen molar-refractivity contribution >= 4 is 35.9 Å². The highest BCUT2D eigenvalue weighted by Crippen LogP contribution is 2.37. The van der Waals surface area contributed by atoms with Gasteiger partial charge in [0, 0.05) is 16.5 Å². The lowest BCUT2D eigenvalue weighted by atomic mass is 9.90. The van der Waals surface area contributed by atoms with E-state index in [-0.39, 0.29) is 11.5 Å². The van der Waals surface area contributed by atoms with E-state index in [2.05, 4.69) is 72.8 Å². The number of aldehydes is 1. The molecular formula is C28H28O3Si. The summed E-state index contributed by atoms with van der Waals surface area (Å²) in [5, 5.41) is 3.71. The Morgan fingerprint density at radius 2 is 1.28 bits per heavy atom. The Morgan fingerprint density at radius 3 is 1.69 bits per heavy atom. The number of hydrogen-bond acceptors (Lipinski definition) is 3. The molecule has 3 nitrogen and oxygen atoms in total. The number of hydrogen-bond donors (Lipinski definition) is 0. The molecule has 0 amide bonds. The second kappa shape index (κ2) is 9.09. The van der Waals surface area contributed by atoms with Crippen LogP contribution in [0.15, 0.2) is 103 Å². The zero-order chi connectivity index (χ0) is 22.6. The average molecular weight is 441 g/mol. The molecule has 1 saturated heterocycles. The molecule has 1 heterocycles. The quantitative estimate of drug-likeness (QED) is 0.185. The van der Waals surface area contributed by atoms with E-state index in [0.717, 1.165) is 6.29 Å². The van der Waals surface area contributed by atoms with Gasteiger partial charge in [-0.3, -0.25) is 0 Å². The molecule has 3 aromatic carbocycles. The summed E-state index contributed by atoms with van der Waals surface area (Å²) in [4.78, 5) is 24.5. The minimum Gasteiger partial charge on any atom is -0.462 e. The first-order valence-electron chi connectivity index (χ1n) is 11.0. The van der Waals surface area contributed by atoms with E-state index in [0.29, 0.717) is 18.6 Å². The predicted molar refractivity (Wildman–Crippen MR) is 131 cm³/mol. The monoisotopic (exact) mass is 440 g/mol. The highest BCUT2D eigenvalue weighted by molar-refractivity contribution is 7.13.